The first-order chi connectivity index (χ1) is 9.67. The quantitative estimate of drug-likeness (QED) is 0.835. The van der Waals surface area contributed by atoms with E-state index in [1.54, 1.807) is 0 Å². The summed E-state index contributed by atoms with van der Waals surface area (Å²) in [5.74, 6) is 0.588. The van der Waals surface area contributed by atoms with E-state index in [9.17, 15) is 0 Å². The van der Waals surface area contributed by atoms with Gasteiger partial charge in [-0.2, -0.15) is 5.10 Å². The fourth-order valence-electron chi connectivity index (χ4n) is 2.64. The number of hydrogen-bond acceptors (Lipinski definition) is 2. The molecule has 2 unspecified atom stereocenters. The lowest BCUT2D eigenvalue weighted by Crippen LogP contribution is -2.33. The van der Waals surface area contributed by atoms with Gasteiger partial charge in [0.25, 0.3) is 0 Å². The van der Waals surface area contributed by atoms with E-state index in [-0.39, 0.29) is 0 Å². The zero-order valence-electron chi connectivity index (χ0n) is 13.2. The van der Waals surface area contributed by atoms with Crippen LogP contribution in [0.4, 0.5) is 0 Å². The van der Waals surface area contributed by atoms with E-state index in [2.05, 4.69) is 62.0 Å². The van der Waals surface area contributed by atoms with Gasteiger partial charge in [0.15, 0.2) is 0 Å². The Morgan fingerprint density at radius 2 is 1.95 bits per heavy atom. The summed E-state index contributed by atoms with van der Waals surface area (Å²) in [6.45, 7) is 11.0. The van der Waals surface area contributed by atoms with E-state index >= 15 is 0 Å². The van der Waals surface area contributed by atoms with Crippen LogP contribution in [0.5, 0.6) is 0 Å². The SMILES string of the molecule is CCCNC(C)C(C)Cc1nn(CC)c2ccccc12. The van der Waals surface area contributed by atoms with Gasteiger partial charge in [-0.15, -0.1) is 0 Å². The van der Waals surface area contributed by atoms with E-state index in [0.717, 1.165) is 19.5 Å². The summed E-state index contributed by atoms with van der Waals surface area (Å²) in [4.78, 5) is 0. The van der Waals surface area contributed by atoms with Crippen molar-refractivity contribution in [1.82, 2.24) is 15.1 Å². The largest absolute Gasteiger partial charge is 0.314 e. The van der Waals surface area contributed by atoms with Crippen molar-refractivity contribution in [1.29, 1.82) is 0 Å². The summed E-state index contributed by atoms with van der Waals surface area (Å²) in [5, 5.41) is 9.70. The standard InChI is InChI=1S/C17H27N3/c1-5-11-18-14(4)13(3)12-16-15-9-7-8-10-17(15)20(6-2)19-16/h7-10,13-14,18H,5-6,11-12H2,1-4H3. The molecule has 110 valence electrons. The van der Waals surface area contributed by atoms with Gasteiger partial charge in [0.2, 0.25) is 0 Å². The third kappa shape index (κ3) is 3.21. The smallest absolute Gasteiger partial charge is 0.0706 e. The average molecular weight is 273 g/mol. The molecule has 1 heterocycles. The molecule has 0 saturated heterocycles. The van der Waals surface area contributed by atoms with Crippen molar-refractivity contribution in [3.8, 4) is 0 Å². The summed E-state index contributed by atoms with van der Waals surface area (Å²) in [5.41, 5.74) is 2.49. The highest BCUT2D eigenvalue weighted by molar-refractivity contribution is 5.81. The Kier molecular flexibility index (Phi) is 5.18. The Balaban J connectivity index is 2.17. The molecule has 20 heavy (non-hydrogen) atoms. The van der Waals surface area contributed by atoms with Crippen molar-refractivity contribution < 1.29 is 0 Å². The van der Waals surface area contributed by atoms with Crippen molar-refractivity contribution in [2.24, 2.45) is 5.92 Å². The number of aryl methyl sites for hydroxylation is 1. The first kappa shape index (κ1) is 15.0. The molecule has 0 aliphatic rings. The van der Waals surface area contributed by atoms with Crippen LogP contribution in [0.1, 0.15) is 39.8 Å². The van der Waals surface area contributed by atoms with E-state index in [0.29, 0.717) is 12.0 Å². The average Bonchev–Trinajstić information content (AvgIpc) is 2.83. The zero-order chi connectivity index (χ0) is 14.5. The zero-order valence-corrected chi connectivity index (χ0v) is 13.2. The maximum absolute atomic E-state index is 4.80. The predicted molar refractivity (Wildman–Crippen MR) is 86.0 cm³/mol. The molecule has 2 aromatic rings. The molecule has 0 aliphatic heterocycles. The second-order valence-electron chi connectivity index (χ2n) is 5.70. The maximum Gasteiger partial charge on any atom is 0.0706 e. The lowest BCUT2D eigenvalue weighted by molar-refractivity contribution is 0.395. The van der Waals surface area contributed by atoms with Gasteiger partial charge < -0.3 is 5.32 Å². The van der Waals surface area contributed by atoms with Crippen molar-refractivity contribution in [3.63, 3.8) is 0 Å². The summed E-state index contributed by atoms with van der Waals surface area (Å²) in [6, 6.07) is 9.09. The van der Waals surface area contributed by atoms with Crippen LogP contribution in [0.3, 0.4) is 0 Å². The van der Waals surface area contributed by atoms with E-state index in [1.165, 1.54) is 23.0 Å². The number of benzene rings is 1. The molecule has 2 atom stereocenters. The van der Waals surface area contributed by atoms with Crippen LogP contribution in [0.15, 0.2) is 24.3 Å². The van der Waals surface area contributed by atoms with Gasteiger partial charge in [-0.25, -0.2) is 0 Å². The van der Waals surface area contributed by atoms with Crippen molar-refractivity contribution in [3.05, 3.63) is 30.0 Å². The first-order valence-corrected chi connectivity index (χ1v) is 7.85. The number of hydrogen-bond donors (Lipinski definition) is 1. The molecule has 1 aromatic carbocycles. The number of fused-ring (bicyclic) bond motifs is 1. The lowest BCUT2D eigenvalue weighted by atomic mass is 9.96. The Morgan fingerprint density at radius 3 is 2.65 bits per heavy atom. The fourth-order valence-corrected chi connectivity index (χ4v) is 2.64. The fraction of sp³-hybridized carbons (Fsp3) is 0.588. The van der Waals surface area contributed by atoms with Crippen LogP contribution in [0.25, 0.3) is 10.9 Å². The summed E-state index contributed by atoms with van der Waals surface area (Å²) in [7, 11) is 0. The van der Waals surface area contributed by atoms with Gasteiger partial charge in [-0.1, -0.05) is 32.0 Å². The van der Waals surface area contributed by atoms with Gasteiger partial charge >= 0.3 is 0 Å². The normalized spacial score (nSPS) is 14.6. The van der Waals surface area contributed by atoms with Gasteiger partial charge in [-0.3, -0.25) is 4.68 Å². The number of aromatic nitrogens is 2. The highest BCUT2D eigenvalue weighted by Crippen LogP contribution is 2.22. The Bertz CT molecular complexity index is 544. The molecule has 0 spiro atoms. The van der Waals surface area contributed by atoms with Crippen LogP contribution in [0.2, 0.25) is 0 Å². The highest BCUT2D eigenvalue weighted by Gasteiger charge is 2.16. The van der Waals surface area contributed by atoms with Crippen LogP contribution in [-0.2, 0) is 13.0 Å². The highest BCUT2D eigenvalue weighted by atomic mass is 15.3. The Labute approximate surface area is 122 Å². The second kappa shape index (κ2) is 6.89. The summed E-state index contributed by atoms with van der Waals surface area (Å²) >= 11 is 0. The molecule has 1 N–H and O–H groups in total. The van der Waals surface area contributed by atoms with Crippen LogP contribution in [-0.4, -0.2) is 22.4 Å². The molecule has 0 fully saturated rings. The van der Waals surface area contributed by atoms with E-state index in [4.69, 9.17) is 5.10 Å². The molecular weight excluding hydrogens is 246 g/mol. The topological polar surface area (TPSA) is 29.9 Å². The summed E-state index contributed by atoms with van der Waals surface area (Å²) < 4.78 is 2.11. The van der Waals surface area contributed by atoms with Crippen LogP contribution in [0, 0.1) is 5.92 Å². The van der Waals surface area contributed by atoms with E-state index in [1.807, 2.05) is 0 Å². The third-order valence-corrected chi connectivity index (χ3v) is 4.12. The molecule has 0 amide bonds. The van der Waals surface area contributed by atoms with Gasteiger partial charge in [-0.05, 0) is 45.2 Å². The van der Waals surface area contributed by atoms with Gasteiger partial charge in [0, 0.05) is 18.0 Å². The maximum atomic E-state index is 4.80. The molecular formula is C17H27N3. The molecule has 1 aromatic heterocycles. The number of rotatable bonds is 7. The minimum absolute atomic E-state index is 0.528. The van der Waals surface area contributed by atoms with Crippen molar-refractivity contribution >= 4 is 10.9 Å². The minimum atomic E-state index is 0.528. The third-order valence-electron chi connectivity index (χ3n) is 4.12. The van der Waals surface area contributed by atoms with Crippen LogP contribution < -0.4 is 5.32 Å². The minimum Gasteiger partial charge on any atom is -0.314 e. The Morgan fingerprint density at radius 1 is 1.20 bits per heavy atom. The Hall–Kier alpha value is -1.35. The lowest BCUT2D eigenvalue weighted by Gasteiger charge is -2.20. The van der Waals surface area contributed by atoms with Crippen molar-refractivity contribution in [2.45, 2.75) is 53.1 Å². The number of nitrogens with zero attached hydrogens (tertiary/aromatic N) is 2. The van der Waals surface area contributed by atoms with E-state index < -0.39 is 0 Å². The molecule has 3 heteroatoms. The second-order valence-corrected chi connectivity index (χ2v) is 5.70. The molecule has 0 aliphatic carbocycles. The molecule has 0 radical (unpaired) electrons. The monoisotopic (exact) mass is 273 g/mol. The molecule has 0 saturated carbocycles. The first-order valence-electron chi connectivity index (χ1n) is 7.85. The molecule has 3 nitrogen and oxygen atoms in total. The predicted octanol–water partition coefficient (Wildman–Crippen LogP) is 3.62. The number of nitrogens with one attached hydrogen (secondary N) is 1. The molecule has 2 rings (SSSR count). The molecule has 0 bridgehead atoms. The van der Waals surface area contributed by atoms with Gasteiger partial charge in [0.05, 0.1) is 11.2 Å². The summed E-state index contributed by atoms with van der Waals surface area (Å²) in [6.07, 6.45) is 2.22. The van der Waals surface area contributed by atoms with Crippen LogP contribution >= 0.6 is 0 Å². The van der Waals surface area contributed by atoms with Gasteiger partial charge in [0.1, 0.15) is 0 Å². The van der Waals surface area contributed by atoms with Crippen molar-refractivity contribution in [2.75, 3.05) is 6.54 Å². The number of para-hydroxylation sites is 1.